The molecule has 1 unspecified atom stereocenters. The molecule has 0 fully saturated rings. The maximum Gasteiger partial charge on any atom is 0.162 e. The number of aliphatic hydroxyl groups is 1. The van der Waals surface area contributed by atoms with Gasteiger partial charge < -0.3 is 14.6 Å². The van der Waals surface area contributed by atoms with Crippen LogP contribution in [0, 0.1) is 0 Å². The van der Waals surface area contributed by atoms with E-state index in [0.717, 1.165) is 33.3 Å². The number of hydrogen-bond acceptors (Lipinski definition) is 4. The summed E-state index contributed by atoms with van der Waals surface area (Å²) in [6, 6.07) is 13.9. The summed E-state index contributed by atoms with van der Waals surface area (Å²) in [5.41, 5.74) is 0.939. The molecule has 2 aromatic carbocycles. The molecule has 21 heavy (non-hydrogen) atoms. The Balaban J connectivity index is 1.87. The Kier molecular flexibility index (Phi) is 4.36. The minimum Gasteiger partial charge on any atom is -0.490 e. The second-order valence-corrected chi connectivity index (χ2v) is 6.09. The molecular weight excluding hydrogens is 284 g/mol. The largest absolute Gasteiger partial charge is 0.490 e. The first kappa shape index (κ1) is 14.3. The van der Waals surface area contributed by atoms with Gasteiger partial charge in [0.1, 0.15) is 0 Å². The number of ether oxygens (including phenoxy) is 2. The highest BCUT2D eigenvalue weighted by molar-refractivity contribution is 7.99. The Morgan fingerprint density at radius 3 is 2.62 bits per heavy atom. The highest BCUT2D eigenvalue weighted by Gasteiger charge is 2.13. The fourth-order valence-electron chi connectivity index (χ4n) is 2.25. The Morgan fingerprint density at radius 2 is 1.81 bits per heavy atom. The van der Waals surface area contributed by atoms with E-state index in [-0.39, 0.29) is 0 Å². The van der Waals surface area contributed by atoms with Crippen molar-refractivity contribution in [3.63, 3.8) is 0 Å². The van der Waals surface area contributed by atoms with Crippen LogP contribution in [0.4, 0.5) is 0 Å². The van der Waals surface area contributed by atoms with Crippen molar-refractivity contribution in [3.05, 3.63) is 48.0 Å². The van der Waals surface area contributed by atoms with Crippen LogP contribution >= 0.6 is 11.8 Å². The fourth-order valence-corrected chi connectivity index (χ4v) is 3.31. The van der Waals surface area contributed by atoms with E-state index in [4.69, 9.17) is 9.47 Å². The fraction of sp³-hybridized carbons (Fsp3) is 0.294. The van der Waals surface area contributed by atoms with Gasteiger partial charge in [-0.25, -0.2) is 0 Å². The Hall–Kier alpha value is -1.65. The predicted octanol–water partition coefficient (Wildman–Crippen LogP) is 4.05. The van der Waals surface area contributed by atoms with Gasteiger partial charge in [0.05, 0.1) is 19.3 Å². The molecule has 0 saturated carbocycles. The van der Waals surface area contributed by atoms with Gasteiger partial charge in [-0.05, 0) is 36.8 Å². The van der Waals surface area contributed by atoms with Gasteiger partial charge >= 0.3 is 0 Å². The van der Waals surface area contributed by atoms with Crippen LogP contribution in [0.25, 0.3) is 0 Å². The minimum absolute atomic E-state index is 0.478. The van der Waals surface area contributed by atoms with Crippen LogP contribution < -0.4 is 9.47 Å². The lowest BCUT2D eigenvalue weighted by Gasteiger charge is -2.13. The standard InChI is InChI=1S/C17H18O3S/c1-12(18)14-5-2-3-6-17(14)21-13-7-8-15-16(11-13)20-10-4-9-19-15/h2-3,5-8,11-12,18H,4,9-10H2,1H3. The third-order valence-corrected chi connectivity index (χ3v) is 4.40. The van der Waals surface area contributed by atoms with Gasteiger partial charge in [0.2, 0.25) is 0 Å². The van der Waals surface area contributed by atoms with Crippen LogP contribution in [0.2, 0.25) is 0 Å². The first-order chi connectivity index (χ1) is 10.2. The van der Waals surface area contributed by atoms with Crippen LogP contribution in [-0.4, -0.2) is 18.3 Å². The maximum absolute atomic E-state index is 9.85. The smallest absolute Gasteiger partial charge is 0.162 e. The summed E-state index contributed by atoms with van der Waals surface area (Å²) in [7, 11) is 0. The number of hydrogen-bond donors (Lipinski definition) is 1. The second-order valence-electron chi connectivity index (χ2n) is 4.97. The molecule has 0 radical (unpaired) electrons. The van der Waals surface area contributed by atoms with E-state index in [0.29, 0.717) is 13.2 Å². The summed E-state index contributed by atoms with van der Waals surface area (Å²) >= 11 is 1.63. The van der Waals surface area contributed by atoms with E-state index >= 15 is 0 Å². The van der Waals surface area contributed by atoms with Gasteiger partial charge in [-0.1, -0.05) is 30.0 Å². The molecule has 2 aromatic rings. The molecule has 0 bridgehead atoms. The Morgan fingerprint density at radius 1 is 1.05 bits per heavy atom. The van der Waals surface area contributed by atoms with Crippen LogP contribution in [0.1, 0.15) is 25.0 Å². The Labute approximate surface area is 128 Å². The molecular formula is C17H18O3S. The molecule has 0 amide bonds. The van der Waals surface area contributed by atoms with Crippen molar-refractivity contribution < 1.29 is 14.6 Å². The average molecular weight is 302 g/mol. The molecule has 0 spiro atoms. The molecule has 1 aliphatic rings. The zero-order valence-electron chi connectivity index (χ0n) is 11.9. The molecule has 0 aliphatic carbocycles. The number of fused-ring (bicyclic) bond motifs is 1. The third-order valence-electron chi connectivity index (χ3n) is 3.32. The monoisotopic (exact) mass is 302 g/mol. The highest BCUT2D eigenvalue weighted by atomic mass is 32.2. The van der Waals surface area contributed by atoms with Crippen LogP contribution in [0.5, 0.6) is 11.5 Å². The van der Waals surface area contributed by atoms with E-state index in [2.05, 4.69) is 0 Å². The van der Waals surface area contributed by atoms with Gasteiger partial charge in [0.15, 0.2) is 11.5 Å². The lowest BCUT2D eigenvalue weighted by atomic mass is 10.1. The second kappa shape index (κ2) is 6.41. The van der Waals surface area contributed by atoms with Gasteiger partial charge in [0, 0.05) is 16.2 Å². The maximum atomic E-state index is 9.85. The van der Waals surface area contributed by atoms with Crippen molar-refractivity contribution in [2.75, 3.05) is 13.2 Å². The average Bonchev–Trinajstić information content (AvgIpc) is 2.72. The third kappa shape index (κ3) is 3.34. The summed E-state index contributed by atoms with van der Waals surface area (Å²) in [4.78, 5) is 2.13. The van der Waals surface area contributed by atoms with E-state index in [1.54, 1.807) is 18.7 Å². The summed E-state index contributed by atoms with van der Waals surface area (Å²) < 4.78 is 11.4. The van der Waals surface area contributed by atoms with Crippen molar-refractivity contribution in [1.29, 1.82) is 0 Å². The number of benzene rings is 2. The van der Waals surface area contributed by atoms with E-state index in [1.165, 1.54) is 0 Å². The van der Waals surface area contributed by atoms with Crippen molar-refractivity contribution in [1.82, 2.24) is 0 Å². The first-order valence-corrected chi connectivity index (χ1v) is 7.90. The van der Waals surface area contributed by atoms with Crippen LogP contribution in [0.15, 0.2) is 52.3 Å². The molecule has 1 aliphatic heterocycles. The molecule has 3 nitrogen and oxygen atoms in total. The van der Waals surface area contributed by atoms with Crippen LogP contribution in [-0.2, 0) is 0 Å². The van der Waals surface area contributed by atoms with E-state index in [9.17, 15) is 5.11 Å². The van der Waals surface area contributed by atoms with E-state index in [1.807, 2.05) is 42.5 Å². The quantitative estimate of drug-likeness (QED) is 0.928. The highest BCUT2D eigenvalue weighted by Crippen LogP contribution is 2.38. The Bertz CT molecular complexity index is 625. The first-order valence-electron chi connectivity index (χ1n) is 7.08. The molecule has 0 saturated heterocycles. The number of aliphatic hydroxyl groups excluding tert-OH is 1. The van der Waals surface area contributed by atoms with Gasteiger partial charge in [-0.3, -0.25) is 0 Å². The summed E-state index contributed by atoms with van der Waals surface area (Å²) in [6.45, 7) is 3.17. The molecule has 0 aromatic heterocycles. The summed E-state index contributed by atoms with van der Waals surface area (Å²) in [5, 5.41) is 9.85. The lowest BCUT2D eigenvalue weighted by molar-refractivity contribution is 0.196. The van der Waals surface area contributed by atoms with Crippen molar-refractivity contribution in [3.8, 4) is 11.5 Å². The van der Waals surface area contributed by atoms with Crippen LogP contribution in [0.3, 0.4) is 0 Å². The van der Waals surface area contributed by atoms with Gasteiger partial charge in [-0.15, -0.1) is 0 Å². The minimum atomic E-state index is -0.478. The SMILES string of the molecule is CC(O)c1ccccc1Sc1ccc2c(c1)OCCCO2. The molecule has 110 valence electrons. The number of rotatable bonds is 3. The van der Waals surface area contributed by atoms with Crippen molar-refractivity contribution >= 4 is 11.8 Å². The predicted molar refractivity (Wildman–Crippen MR) is 83.2 cm³/mol. The molecule has 1 heterocycles. The van der Waals surface area contributed by atoms with Crippen molar-refractivity contribution in [2.24, 2.45) is 0 Å². The summed E-state index contributed by atoms with van der Waals surface area (Å²) in [6.07, 6.45) is 0.427. The van der Waals surface area contributed by atoms with Crippen molar-refractivity contribution in [2.45, 2.75) is 29.2 Å². The summed E-state index contributed by atoms with van der Waals surface area (Å²) in [5.74, 6) is 1.60. The zero-order valence-corrected chi connectivity index (χ0v) is 12.7. The van der Waals surface area contributed by atoms with E-state index < -0.39 is 6.10 Å². The molecule has 4 heteroatoms. The topological polar surface area (TPSA) is 38.7 Å². The normalized spacial score (nSPS) is 15.3. The molecule has 1 N–H and O–H groups in total. The lowest BCUT2D eigenvalue weighted by Crippen LogP contribution is -1.97. The van der Waals surface area contributed by atoms with Gasteiger partial charge in [-0.2, -0.15) is 0 Å². The van der Waals surface area contributed by atoms with Gasteiger partial charge in [0.25, 0.3) is 0 Å². The molecule has 3 rings (SSSR count). The zero-order chi connectivity index (χ0) is 14.7. The molecule has 1 atom stereocenters.